The van der Waals surface area contributed by atoms with E-state index in [0.717, 1.165) is 6.07 Å². The molecule has 0 spiro atoms. The molecule has 0 aliphatic carbocycles. The van der Waals surface area contributed by atoms with E-state index in [1.807, 2.05) is 6.07 Å². The lowest BCUT2D eigenvalue weighted by molar-refractivity contribution is -0.137. The quantitative estimate of drug-likeness (QED) is 0.902. The van der Waals surface area contributed by atoms with Gasteiger partial charge < -0.3 is 14.7 Å². The molecule has 1 aliphatic rings. The fourth-order valence-electron chi connectivity index (χ4n) is 2.13. The molecule has 1 atom stereocenters. The zero-order chi connectivity index (χ0) is 14.8. The lowest BCUT2D eigenvalue weighted by Crippen LogP contribution is -2.42. The van der Waals surface area contributed by atoms with Gasteiger partial charge in [0, 0.05) is 12.2 Å². The predicted molar refractivity (Wildman–Crippen MR) is 64.9 cm³/mol. The largest absolute Gasteiger partial charge is 0.418 e. The van der Waals surface area contributed by atoms with Crippen molar-refractivity contribution < 1.29 is 23.0 Å². The summed E-state index contributed by atoms with van der Waals surface area (Å²) in [7, 11) is 0. The summed E-state index contributed by atoms with van der Waals surface area (Å²) in [5, 5.41) is 17.8. The van der Waals surface area contributed by atoms with Gasteiger partial charge in [-0.3, -0.25) is 0 Å². The number of nitriles is 1. The lowest BCUT2D eigenvalue weighted by Gasteiger charge is -2.33. The van der Waals surface area contributed by atoms with Crippen LogP contribution in [0.15, 0.2) is 18.2 Å². The van der Waals surface area contributed by atoms with Crippen molar-refractivity contribution in [1.29, 1.82) is 5.26 Å². The summed E-state index contributed by atoms with van der Waals surface area (Å²) in [5.74, 6) is 0. The molecule has 20 heavy (non-hydrogen) atoms. The highest BCUT2D eigenvalue weighted by atomic mass is 19.4. The number of hydrogen-bond acceptors (Lipinski definition) is 4. The summed E-state index contributed by atoms with van der Waals surface area (Å²) in [6.07, 6.45) is -5.25. The zero-order valence-electron chi connectivity index (χ0n) is 10.5. The van der Waals surface area contributed by atoms with Gasteiger partial charge in [0.1, 0.15) is 0 Å². The van der Waals surface area contributed by atoms with Crippen molar-refractivity contribution in [3.05, 3.63) is 29.3 Å². The Hall–Kier alpha value is -1.78. The molecule has 4 nitrogen and oxygen atoms in total. The number of anilines is 1. The maximum absolute atomic E-state index is 13.1. The first-order valence-electron chi connectivity index (χ1n) is 6.03. The minimum Gasteiger partial charge on any atom is -0.392 e. The molecule has 1 fully saturated rings. The van der Waals surface area contributed by atoms with E-state index in [1.165, 1.54) is 17.0 Å². The van der Waals surface area contributed by atoms with Gasteiger partial charge in [-0.25, -0.2) is 0 Å². The van der Waals surface area contributed by atoms with E-state index in [0.29, 0.717) is 6.54 Å². The molecule has 2 rings (SSSR count). The summed E-state index contributed by atoms with van der Waals surface area (Å²) in [5.41, 5.74) is -0.591. The molecule has 0 bridgehead atoms. The molecule has 1 aromatic rings. The van der Waals surface area contributed by atoms with E-state index in [-0.39, 0.29) is 24.4 Å². The second-order valence-corrected chi connectivity index (χ2v) is 4.44. The Bertz CT molecular complexity index is 525. The molecule has 0 saturated carbocycles. The monoisotopic (exact) mass is 286 g/mol. The molecule has 1 aromatic carbocycles. The highest BCUT2D eigenvalue weighted by Gasteiger charge is 2.36. The molecule has 108 valence electrons. The van der Waals surface area contributed by atoms with Crippen molar-refractivity contribution in [2.75, 3.05) is 24.6 Å². The Kier molecular flexibility index (Phi) is 4.16. The van der Waals surface area contributed by atoms with Crippen LogP contribution in [0, 0.1) is 11.3 Å². The number of rotatable bonds is 2. The van der Waals surface area contributed by atoms with Crippen LogP contribution in [0.2, 0.25) is 0 Å². The van der Waals surface area contributed by atoms with Crippen molar-refractivity contribution in [3.63, 3.8) is 0 Å². The molecule has 0 amide bonds. The second kappa shape index (κ2) is 5.69. The number of aliphatic hydroxyl groups is 1. The topological polar surface area (TPSA) is 56.5 Å². The van der Waals surface area contributed by atoms with E-state index in [2.05, 4.69) is 0 Å². The fourth-order valence-corrected chi connectivity index (χ4v) is 2.13. The van der Waals surface area contributed by atoms with Gasteiger partial charge in [-0.15, -0.1) is 0 Å². The zero-order valence-corrected chi connectivity index (χ0v) is 10.5. The highest BCUT2D eigenvalue weighted by molar-refractivity contribution is 5.57. The smallest absolute Gasteiger partial charge is 0.392 e. The van der Waals surface area contributed by atoms with Crippen LogP contribution in [-0.4, -0.2) is 30.9 Å². The van der Waals surface area contributed by atoms with Crippen LogP contribution in [0.4, 0.5) is 18.9 Å². The molecular weight excluding hydrogens is 273 g/mol. The van der Waals surface area contributed by atoms with Gasteiger partial charge >= 0.3 is 6.18 Å². The Labute approximate surface area is 114 Å². The molecular formula is C13H13F3N2O2. The normalized spacial score (nSPS) is 19.8. The number of hydrogen-bond donors (Lipinski definition) is 1. The van der Waals surface area contributed by atoms with Crippen LogP contribution in [0.3, 0.4) is 0 Å². The number of morpholine rings is 1. The highest BCUT2D eigenvalue weighted by Crippen LogP contribution is 2.37. The van der Waals surface area contributed by atoms with E-state index in [1.54, 1.807) is 0 Å². The third kappa shape index (κ3) is 3.03. The summed E-state index contributed by atoms with van der Waals surface area (Å²) < 4.78 is 44.4. The molecule has 1 N–H and O–H groups in total. The van der Waals surface area contributed by atoms with Crippen LogP contribution in [0.5, 0.6) is 0 Å². The first-order chi connectivity index (χ1) is 9.45. The first-order valence-corrected chi connectivity index (χ1v) is 6.03. The van der Waals surface area contributed by atoms with E-state index in [4.69, 9.17) is 15.1 Å². The minimum absolute atomic E-state index is 0.0123. The van der Waals surface area contributed by atoms with Crippen molar-refractivity contribution >= 4 is 5.69 Å². The Morgan fingerprint density at radius 3 is 2.80 bits per heavy atom. The van der Waals surface area contributed by atoms with Crippen molar-refractivity contribution in [2.45, 2.75) is 18.9 Å². The maximum Gasteiger partial charge on any atom is 0.418 e. The van der Waals surface area contributed by atoms with Crippen LogP contribution in [-0.2, 0) is 17.5 Å². The van der Waals surface area contributed by atoms with Crippen LogP contribution >= 0.6 is 0 Å². The molecule has 7 heteroatoms. The molecule has 0 aromatic heterocycles. The SMILES string of the molecule is N#CC1CN(c2ccc(CO)cc2C(F)(F)F)CCO1. The minimum atomic E-state index is -4.51. The Morgan fingerprint density at radius 1 is 1.45 bits per heavy atom. The average molecular weight is 286 g/mol. The van der Waals surface area contributed by atoms with Crippen LogP contribution in [0.25, 0.3) is 0 Å². The van der Waals surface area contributed by atoms with Gasteiger partial charge in [-0.05, 0) is 17.7 Å². The summed E-state index contributed by atoms with van der Waals surface area (Å²) in [6, 6.07) is 5.61. The maximum atomic E-state index is 13.1. The van der Waals surface area contributed by atoms with E-state index >= 15 is 0 Å². The van der Waals surface area contributed by atoms with Gasteiger partial charge in [0.25, 0.3) is 0 Å². The standard InChI is InChI=1S/C13H13F3N2O2/c14-13(15,16)11-5-9(8-19)1-2-12(11)18-3-4-20-10(6-17)7-18/h1-2,5,10,19H,3-4,7-8H2. The number of aliphatic hydroxyl groups excluding tert-OH is 1. The molecule has 1 heterocycles. The van der Waals surface area contributed by atoms with Crippen LogP contribution in [0.1, 0.15) is 11.1 Å². The van der Waals surface area contributed by atoms with Gasteiger partial charge in [0.05, 0.1) is 31.4 Å². The predicted octanol–water partition coefficient (Wildman–Crippen LogP) is 1.93. The fraction of sp³-hybridized carbons (Fsp3) is 0.462. The summed E-state index contributed by atoms with van der Waals surface area (Å²) in [6.45, 7) is 0.141. The number of alkyl halides is 3. The third-order valence-electron chi connectivity index (χ3n) is 3.10. The number of halogens is 3. The molecule has 0 radical (unpaired) electrons. The van der Waals surface area contributed by atoms with Crippen LogP contribution < -0.4 is 4.90 Å². The Balaban J connectivity index is 2.38. The van der Waals surface area contributed by atoms with Crippen molar-refractivity contribution in [3.8, 4) is 6.07 Å². The number of nitrogens with zero attached hydrogens (tertiary/aromatic N) is 2. The summed E-state index contributed by atoms with van der Waals surface area (Å²) >= 11 is 0. The number of benzene rings is 1. The lowest BCUT2D eigenvalue weighted by atomic mass is 10.1. The number of ether oxygens (including phenoxy) is 1. The van der Waals surface area contributed by atoms with Gasteiger partial charge in [-0.2, -0.15) is 18.4 Å². The Morgan fingerprint density at radius 2 is 2.20 bits per heavy atom. The molecule has 1 aliphatic heterocycles. The second-order valence-electron chi connectivity index (χ2n) is 4.44. The van der Waals surface area contributed by atoms with Gasteiger partial charge in [0.15, 0.2) is 6.10 Å². The van der Waals surface area contributed by atoms with Gasteiger partial charge in [0.2, 0.25) is 0 Å². The molecule has 1 unspecified atom stereocenters. The average Bonchev–Trinajstić information content (AvgIpc) is 2.45. The van der Waals surface area contributed by atoms with E-state index < -0.39 is 24.5 Å². The van der Waals surface area contributed by atoms with E-state index in [9.17, 15) is 13.2 Å². The third-order valence-corrected chi connectivity index (χ3v) is 3.10. The summed E-state index contributed by atoms with van der Waals surface area (Å²) in [4.78, 5) is 1.49. The van der Waals surface area contributed by atoms with Crippen molar-refractivity contribution in [1.82, 2.24) is 0 Å². The van der Waals surface area contributed by atoms with Crippen molar-refractivity contribution in [2.24, 2.45) is 0 Å². The van der Waals surface area contributed by atoms with Gasteiger partial charge in [-0.1, -0.05) is 6.07 Å². The first kappa shape index (κ1) is 14.6. The molecule has 1 saturated heterocycles.